The van der Waals surface area contributed by atoms with Gasteiger partial charge in [0.15, 0.2) is 0 Å². The summed E-state index contributed by atoms with van der Waals surface area (Å²) >= 11 is 12.0. The minimum Gasteiger partial charge on any atom is -0.507 e. The van der Waals surface area contributed by atoms with Crippen LogP contribution in [-0.4, -0.2) is 21.7 Å². The zero-order valence-electron chi connectivity index (χ0n) is 17.5. The van der Waals surface area contributed by atoms with E-state index in [4.69, 9.17) is 27.6 Å². The van der Waals surface area contributed by atoms with Gasteiger partial charge in [-0.2, -0.15) is 13.2 Å². The topological polar surface area (TPSA) is 70.8 Å². The van der Waals surface area contributed by atoms with Crippen LogP contribution in [0.25, 0.3) is 5.76 Å². The number of halogens is 5. The standard InChI is InChI=1S/C24H16Cl2F3NO4/c1-12-5-8-18(34-12)20-19(21(31)14-6-7-16(25)17(26)10-14)22(32)23(33)30(20)11-13-3-2-4-15(9-13)24(27,28)29/h2-10,20,31H,11H2,1H3/b21-19-. The maximum Gasteiger partial charge on any atom is 0.416 e. The van der Waals surface area contributed by atoms with Crippen molar-refractivity contribution in [2.75, 3.05) is 0 Å². The lowest BCUT2D eigenvalue weighted by molar-refractivity contribution is -0.140. The molecule has 0 radical (unpaired) electrons. The number of hydrogen-bond donors (Lipinski definition) is 1. The fourth-order valence-corrected chi connectivity index (χ4v) is 4.08. The molecule has 0 saturated carbocycles. The molecule has 176 valence electrons. The summed E-state index contributed by atoms with van der Waals surface area (Å²) in [6, 6.07) is 10.6. The van der Waals surface area contributed by atoms with Crippen LogP contribution in [0.2, 0.25) is 10.0 Å². The molecule has 2 heterocycles. The highest BCUT2D eigenvalue weighted by Gasteiger charge is 2.47. The Kier molecular flexibility index (Phi) is 6.22. The number of amides is 1. The number of hydrogen-bond acceptors (Lipinski definition) is 4. The Morgan fingerprint density at radius 1 is 1.06 bits per heavy atom. The molecule has 1 saturated heterocycles. The minimum atomic E-state index is -4.57. The van der Waals surface area contributed by atoms with Crippen molar-refractivity contribution in [3.05, 3.63) is 98.4 Å². The van der Waals surface area contributed by atoms with Crippen molar-refractivity contribution in [3.63, 3.8) is 0 Å². The molecule has 0 spiro atoms. The number of aliphatic hydroxyl groups is 1. The van der Waals surface area contributed by atoms with Crippen molar-refractivity contribution < 1.29 is 32.3 Å². The van der Waals surface area contributed by atoms with Crippen LogP contribution in [0.1, 0.15) is 34.3 Å². The maximum atomic E-state index is 13.2. The molecule has 0 aliphatic carbocycles. The van der Waals surface area contributed by atoms with Crippen molar-refractivity contribution in [1.29, 1.82) is 0 Å². The van der Waals surface area contributed by atoms with E-state index in [1.165, 1.54) is 36.4 Å². The largest absolute Gasteiger partial charge is 0.507 e. The lowest BCUT2D eigenvalue weighted by Crippen LogP contribution is -2.29. The van der Waals surface area contributed by atoms with Crippen LogP contribution < -0.4 is 0 Å². The number of Topliss-reactive ketones (excluding diaryl/α,β-unsaturated/α-hetero) is 1. The van der Waals surface area contributed by atoms with Gasteiger partial charge in [-0.1, -0.05) is 35.3 Å². The summed E-state index contributed by atoms with van der Waals surface area (Å²) in [7, 11) is 0. The number of furan rings is 1. The number of nitrogens with zero attached hydrogens (tertiary/aromatic N) is 1. The summed E-state index contributed by atoms with van der Waals surface area (Å²) in [4.78, 5) is 27.0. The van der Waals surface area contributed by atoms with Gasteiger partial charge in [-0.15, -0.1) is 0 Å². The summed E-state index contributed by atoms with van der Waals surface area (Å²) < 4.78 is 45.2. The number of ketones is 1. The monoisotopic (exact) mass is 509 g/mol. The van der Waals surface area contributed by atoms with Crippen molar-refractivity contribution in [3.8, 4) is 0 Å². The van der Waals surface area contributed by atoms with E-state index in [1.807, 2.05) is 0 Å². The number of aryl methyl sites for hydroxylation is 1. The average Bonchev–Trinajstić information content (AvgIpc) is 3.31. The molecule has 1 N–H and O–H groups in total. The Morgan fingerprint density at radius 2 is 1.79 bits per heavy atom. The second kappa shape index (κ2) is 8.85. The van der Waals surface area contributed by atoms with Gasteiger partial charge in [0.1, 0.15) is 23.3 Å². The zero-order chi connectivity index (χ0) is 24.8. The van der Waals surface area contributed by atoms with Gasteiger partial charge >= 0.3 is 6.18 Å². The summed E-state index contributed by atoms with van der Waals surface area (Å²) in [6.07, 6.45) is -4.57. The van der Waals surface area contributed by atoms with E-state index in [0.29, 0.717) is 5.76 Å². The van der Waals surface area contributed by atoms with Gasteiger partial charge in [-0.3, -0.25) is 9.59 Å². The van der Waals surface area contributed by atoms with E-state index in [1.54, 1.807) is 13.0 Å². The molecule has 1 fully saturated rings. The Hall–Kier alpha value is -3.23. The first-order valence-corrected chi connectivity index (χ1v) is 10.7. The molecule has 34 heavy (non-hydrogen) atoms. The molecule has 1 amide bonds. The molecule has 1 aromatic heterocycles. The van der Waals surface area contributed by atoms with Crippen LogP contribution in [0.4, 0.5) is 13.2 Å². The lowest BCUT2D eigenvalue weighted by Gasteiger charge is -2.24. The number of likely N-dealkylation sites (tertiary alicyclic amines) is 1. The van der Waals surface area contributed by atoms with Crippen LogP contribution in [0.15, 0.2) is 64.6 Å². The van der Waals surface area contributed by atoms with Crippen LogP contribution in [-0.2, 0) is 22.3 Å². The van der Waals surface area contributed by atoms with E-state index in [0.717, 1.165) is 17.0 Å². The number of aliphatic hydroxyl groups excluding tert-OH is 1. The highest BCUT2D eigenvalue weighted by atomic mass is 35.5. The predicted octanol–water partition coefficient (Wildman–Crippen LogP) is 6.54. The SMILES string of the molecule is Cc1ccc(C2/C(=C(/O)c3ccc(Cl)c(Cl)c3)C(=O)C(=O)N2Cc2cccc(C(F)(F)F)c2)o1. The van der Waals surface area contributed by atoms with Gasteiger partial charge in [-0.05, 0) is 55.0 Å². The highest BCUT2D eigenvalue weighted by molar-refractivity contribution is 6.46. The molecule has 10 heteroatoms. The molecule has 4 rings (SSSR count). The Balaban J connectivity index is 1.83. The van der Waals surface area contributed by atoms with Crippen molar-refractivity contribution in [2.45, 2.75) is 25.7 Å². The number of carbonyl (C=O) groups excluding carboxylic acids is 2. The Morgan fingerprint density at radius 3 is 2.41 bits per heavy atom. The number of rotatable bonds is 4. The third-order valence-electron chi connectivity index (χ3n) is 5.37. The van der Waals surface area contributed by atoms with E-state index in [9.17, 15) is 27.9 Å². The first kappa shape index (κ1) is 23.9. The molecule has 1 atom stereocenters. The molecule has 1 aliphatic rings. The van der Waals surface area contributed by atoms with Gasteiger partial charge in [0, 0.05) is 12.1 Å². The van der Waals surface area contributed by atoms with Crippen molar-refractivity contribution in [2.24, 2.45) is 0 Å². The number of carbonyl (C=O) groups is 2. The van der Waals surface area contributed by atoms with Crippen molar-refractivity contribution >= 4 is 40.7 Å². The first-order valence-electron chi connectivity index (χ1n) is 9.93. The fourth-order valence-electron chi connectivity index (χ4n) is 3.78. The normalized spacial score (nSPS) is 18.1. The third kappa shape index (κ3) is 4.43. The molecule has 5 nitrogen and oxygen atoms in total. The van der Waals surface area contributed by atoms with E-state index in [-0.39, 0.29) is 39.1 Å². The maximum absolute atomic E-state index is 13.2. The summed E-state index contributed by atoms with van der Waals surface area (Å²) in [5.41, 5.74) is -0.869. The summed E-state index contributed by atoms with van der Waals surface area (Å²) in [5, 5.41) is 11.3. The summed E-state index contributed by atoms with van der Waals surface area (Å²) in [6.45, 7) is 1.33. The average molecular weight is 510 g/mol. The molecule has 1 aliphatic heterocycles. The first-order chi connectivity index (χ1) is 16.0. The molecule has 3 aromatic rings. The molecular weight excluding hydrogens is 494 g/mol. The van der Waals surface area contributed by atoms with Crippen LogP contribution in [0.3, 0.4) is 0 Å². The quantitative estimate of drug-likeness (QED) is 0.246. The molecular formula is C24H16Cl2F3NO4. The highest BCUT2D eigenvalue weighted by Crippen LogP contribution is 2.41. The van der Waals surface area contributed by atoms with E-state index >= 15 is 0 Å². The van der Waals surface area contributed by atoms with Crippen LogP contribution in [0, 0.1) is 6.92 Å². The second-order valence-corrected chi connectivity index (χ2v) is 8.52. The van der Waals surface area contributed by atoms with Crippen molar-refractivity contribution in [1.82, 2.24) is 4.90 Å². The van der Waals surface area contributed by atoms with Gasteiger partial charge in [0.2, 0.25) is 0 Å². The van der Waals surface area contributed by atoms with Crippen LogP contribution in [0.5, 0.6) is 0 Å². The van der Waals surface area contributed by atoms with Crippen LogP contribution >= 0.6 is 23.2 Å². The molecule has 0 bridgehead atoms. The predicted molar refractivity (Wildman–Crippen MR) is 119 cm³/mol. The number of benzene rings is 2. The third-order valence-corrected chi connectivity index (χ3v) is 6.11. The van der Waals surface area contributed by atoms with E-state index in [2.05, 4.69) is 0 Å². The molecule has 2 aromatic carbocycles. The van der Waals surface area contributed by atoms with Gasteiger partial charge in [0.25, 0.3) is 11.7 Å². The summed E-state index contributed by atoms with van der Waals surface area (Å²) in [5.74, 6) is -1.85. The zero-order valence-corrected chi connectivity index (χ0v) is 19.0. The Labute approximate surface area is 202 Å². The lowest BCUT2D eigenvalue weighted by atomic mass is 9.99. The van der Waals surface area contributed by atoms with E-state index < -0.39 is 35.2 Å². The molecule has 1 unspecified atom stereocenters. The Bertz CT molecular complexity index is 1330. The fraction of sp³-hybridized carbons (Fsp3) is 0.167. The number of alkyl halides is 3. The van der Waals surface area contributed by atoms with Gasteiger partial charge < -0.3 is 14.4 Å². The smallest absolute Gasteiger partial charge is 0.416 e. The van der Waals surface area contributed by atoms with Gasteiger partial charge in [0.05, 0.1) is 21.2 Å². The second-order valence-electron chi connectivity index (χ2n) is 7.70. The van der Waals surface area contributed by atoms with Gasteiger partial charge in [-0.25, -0.2) is 0 Å². The minimum absolute atomic E-state index is 0.120.